The maximum atomic E-state index is 11.1. The highest BCUT2D eigenvalue weighted by molar-refractivity contribution is 5.79. The minimum Gasteiger partial charge on any atom is -0.370 e. The molecule has 4 N–H and O–H groups in total. The van der Waals surface area contributed by atoms with E-state index in [4.69, 9.17) is 5.73 Å². The van der Waals surface area contributed by atoms with E-state index in [-0.39, 0.29) is 18.9 Å². The summed E-state index contributed by atoms with van der Waals surface area (Å²) in [6.07, 6.45) is 1.17. The first kappa shape index (κ1) is 12.9. The van der Waals surface area contributed by atoms with Crippen LogP contribution in [0.4, 0.5) is 0 Å². The van der Waals surface area contributed by atoms with E-state index in [2.05, 4.69) is 10.6 Å². The van der Waals surface area contributed by atoms with Crippen LogP contribution in [0.3, 0.4) is 0 Å². The normalized spacial score (nSPS) is 12.1. The first-order chi connectivity index (χ1) is 6.56. The van der Waals surface area contributed by atoms with Crippen molar-refractivity contribution in [1.82, 2.24) is 10.6 Å². The van der Waals surface area contributed by atoms with Crippen molar-refractivity contribution in [2.75, 3.05) is 13.1 Å². The Morgan fingerprint density at radius 3 is 2.57 bits per heavy atom. The Morgan fingerprint density at radius 2 is 2.07 bits per heavy atom. The Labute approximate surface area is 84.4 Å². The Balaban J connectivity index is 3.41. The van der Waals surface area contributed by atoms with Crippen LogP contribution in [0, 0.1) is 0 Å². The second-order valence-electron chi connectivity index (χ2n) is 3.26. The van der Waals surface area contributed by atoms with Crippen molar-refractivity contribution >= 4 is 11.8 Å². The standard InChI is InChI=1S/C9H19N3O2/c1-3-7(2)12-6-9(14)11-5-4-8(10)13/h7,12H,3-6H2,1-2H3,(H2,10,13)(H,11,14). The molecule has 2 amide bonds. The second kappa shape index (κ2) is 7.32. The second-order valence-corrected chi connectivity index (χ2v) is 3.26. The number of primary amides is 1. The monoisotopic (exact) mass is 201 g/mol. The van der Waals surface area contributed by atoms with Gasteiger partial charge in [-0.25, -0.2) is 0 Å². The molecule has 0 aromatic carbocycles. The number of nitrogens with two attached hydrogens (primary N) is 1. The van der Waals surface area contributed by atoms with Gasteiger partial charge in [-0.05, 0) is 13.3 Å². The molecular formula is C9H19N3O2. The topological polar surface area (TPSA) is 84.2 Å². The highest BCUT2D eigenvalue weighted by atomic mass is 16.2. The van der Waals surface area contributed by atoms with Crippen molar-refractivity contribution in [3.63, 3.8) is 0 Å². The van der Waals surface area contributed by atoms with E-state index >= 15 is 0 Å². The van der Waals surface area contributed by atoms with Gasteiger partial charge in [0, 0.05) is 19.0 Å². The number of carbonyl (C=O) groups is 2. The number of nitrogens with one attached hydrogen (secondary N) is 2. The van der Waals surface area contributed by atoms with Crippen molar-refractivity contribution in [2.45, 2.75) is 32.7 Å². The van der Waals surface area contributed by atoms with Gasteiger partial charge >= 0.3 is 0 Å². The molecule has 0 spiro atoms. The van der Waals surface area contributed by atoms with Gasteiger partial charge in [-0.3, -0.25) is 9.59 Å². The van der Waals surface area contributed by atoms with Gasteiger partial charge in [0.15, 0.2) is 0 Å². The van der Waals surface area contributed by atoms with E-state index in [1.807, 2.05) is 13.8 Å². The molecule has 1 unspecified atom stereocenters. The predicted molar refractivity (Wildman–Crippen MR) is 54.6 cm³/mol. The van der Waals surface area contributed by atoms with E-state index in [1.165, 1.54) is 0 Å². The Morgan fingerprint density at radius 1 is 1.43 bits per heavy atom. The summed E-state index contributed by atoms with van der Waals surface area (Å²) >= 11 is 0. The largest absolute Gasteiger partial charge is 0.370 e. The van der Waals surface area contributed by atoms with Crippen LogP contribution in [0.25, 0.3) is 0 Å². The zero-order chi connectivity index (χ0) is 11.0. The lowest BCUT2D eigenvalue weighted by molar-refractivity contribution is -0.120. The van der Waals surface area contributed by atoms with Crippen molar-refractivity contribution in [1.29, 1.82) is 0 Å². The summed E-state index contributed by atoms with van der Waals surface area (Å²) in [7, 11) is 0. The van der Waals surface area contributed by atoms with E-state index in [1.54, 1.807) is 0 Å². The van der Waals surface area contributed by atoms with Crippen molar-refractivity contribution in [2.24, 2.45) is 5.73 Å². The highest BCUT2D eigenvalue weighted by Gasteiger charge is 2.03. The molecule has 0 saturated heterocycles. The number of hydrogen-bond donors (Lipinski definition) is 3. The van der Waals surface area contributed by atoms with Gasteiger partial charge in [0.1, 0.15) is 0 Å². The average Bonchev–Trinajstić information content (AvgIpc) is 2.13. The molecular weight excluding hydrogens is 182 g/mol. The summed E-state index contributed by atoms with van der Waals surface area (Å²) in [6, 6.07) is 0.330. The molecule has 0 aliphatic carbocycles. The van der Waals surface area contributed by atoms with Crippen LogP contribution in [-0.2, 0) is 9.59 Å². The molecule has 0 aromatic rings. The highest BCUT2D eigenvalue weighted by Crippen LogP contribution is 1.85. The summed E-state index contributed by atoms with van der Waals surface area (Å²) in [5, 5.41) is 5.63. The van der Waals surface area contributed by atoms with Crippen LogP contribution in [0.15, 0.2) is 0 Å². The lowest BCUT2D eigenvalue weighted by Gasteiger charge is -2.10. The Hall–Kier alpha value is -1.10. The summed E-state index contributed by atoms with van der Waals surface area (Å²) < 4.78 is 0. The zero-order valence-corrected chi connectivity index (χ0v) is 8.80. The molecule has 5 nitrogen and oxygen atoms in total. The molecule has 0 aliphatic rings. The molecule has 5 heteroatoms. The van der Waals surface area contributed by atoms with Crippen LogP contribution >= 0.6 is 0 Å². The number of hydrogen-bond acceptors (Lipinski definition) is 3. The first-order valence-electron chi connectivity index (χ1n) is 4.84. The lowest BCUT2D eigenvalue weighted by atomic mass is 10.2. The van der Waals surface area contributed by atoms with Crippen LogP contribution < -0.4 is 16.4 Å². The maximum absolute atomic E-state index is 11.1. The van der Waals surface area contributed by atoms with Gasteiger partial charge < -0.3 is 16.4 Å². The van der Waals surface area contributed by atoms with Gasteiger partial charge in [-0.15, -0.1) is 0 Å². The predicted octanol–water partition coefficient (Wildman–Crippen LogP) is -0.634. The molecule has 0 fully saturated rings. The molecule has 0 aromatic heterocycles. The van der Waals surface area contributed by atoms with Gasteiger partial charge in [0.05, 0.1) is 6.54 Å². The fraction of sp³-hybridized carbons (Fsp3) is 0.778. The fourth-order valence-corrected chi connectivity index (χ4v) is 0.799. The Bertz CT molecular complexity index is 194. The smallest absolute Gasteiger partial charge is 0.233 e. The molecule has 14 heavy (non-hydrogen) atoms. The zero-order valence-electron chi connectivity index (χ0n) is 8.80. The minimum absolute atomic E-state index is 0.105. The summed E-state index contributed by atoms with van der Waals surface area (Å²) in [4.78, 5) is 21.5. The van der Waals surface area contributed by atoms with Crippen LogP contribution in [0.1, 0.15) is 26.7 Å². The summed E-state index contributed by atoms with van der Waals surface area (Å²) in [5.74, 6) is -0.508. The number of carbonyl (C=O) groups excluding carboxylic acids is 2. The van der Waals surface area contributed by atoms with Crippen LogP contribution in [0.5, 0.6) is 0 Å². The van der Waals surface area contributed by atoms with Gasteiger partial charge in [-0.2, -0.15) is 0 Å². The Kier molecular flexibility index (Phi) is 6.74. The van der Waals surface area contributed by atoms with E-state index in [9.17, 15) is 9.59 Å². The van der Waals surface area contributed by atoms with Gasteiger partial charge in [0.2, 0.25) is 11.8 Å². The number of rotatable bonds is 7. The molecule has 0 bridgehead atoms. The number of amides is 2. The van der Waals surface area contributed by atoms with E-state index in [0.717, 1.165) is 6.42 Å². The average molecular weight is 201 g/mol. The van der Waals surface area contributed by atoms with Gasteiger partial charge in [-0.1, -0.05) is 6.92 Å². The van der Waals surface area contributed by atoms with Crippen molar-refractivity contribution < 1.29 is 9.59 Å². The molecule has 0 aliphatic heterocycles. The quantitative estimate of drug-likeness (QED) is 0.512. The van der Waals surface area contributed by atoms with Crippen molar-refractivity contribution in [3.05, 3.63) is 0 Å². The van der Waals surface area contributed by atoms with E-state index in [0.29, 0.717) is 12.6 Å². The third-order valence-electron chi connectivity index (χ3n) is 1.92. The molecule has 0 radical (unpaired) electrons. The first-order valence-corrected chi connectivity index (χ1v) is 4.84. The third kappa shape index (κ3) is 7.54. The van der Waals surface area contributed by atoms with Crippen LogP contribution in [0.2, 0.25) is 0 Å². The molecule has 0 heterocycles. The summed E-state index contributed by atoms with van der Waals surface area (Å²) in [5.41, 5.74) is 4.92. The minimum atomic E-state index is -0.403. The molecule has 82 valence electrons. The summed E-state index contributed by atoms with van der Waals surface area (Å²) in [6.45, 7) is 4.66. The fourth-order valence-electron chi connectivity index (χ4n) is 0.799. The molecule has 0 rings (SSSR count). The van der Waals surface area contributed by atoms with Gasteiger partial charge in [0.25, 0.3) is 0 Å². The van der Waals surface area contributed by atoms with Crippen molar-refractivity contribution in [3.8, 4) is 0 Å². The lowest BCUT2D eigenvalue weighted by Crippen LogP contribution is -2.38. The SMILES string of the molecule is CCC(C)NCC(=O)NCCC(N)=O. The van der Waals surface area contributed by atoms with Crippen LogP contribution in [-0.4, -0.2) is 30.9 Å². The van der Waals surface area contributed by atoms with E-state index < -0.39 is 5.91 Å². The molecule has 0 saturated carbocycles. The molecule has 1 atom stereocenters. The third-order valence-corrected chi connectivity index (χ3v) is 1.92. The maximum Gasteiger partial charge on any atom is 0.233 e.